The van der Waals surface area contributed by atoms with Crippen molar-refractivity contribution < 1.29 is 0 Å². The molecule has 1 aromatic heterocycles. The number of rotatable bonds is 4. The van der Waals surface area contributed by atoms with Crippen LogP contribution in [0.5, 0.6) is 0 Å². The zero-order chi connectivity index (χ0) is 11.4. The van der Waals surface area contributed by atoms with Crippen LogP contribution in [0, 0.1) is 0 Å². The van der Waals surface area contributed by atoms with E-state index in [1.54, 1.807) is 6.33 Å². The van der Waals surface area contributed by atoms with E-state index in [0.717, 1.165) is 23.8 Å². The van der Waals surface area contributed by atoms with Gasteiger partial charge in [0.1, 0.15) is 0 Å². The van der Waals surface area contributed by atoms with Gasteiger partial charge in [0.15, 0.2) is 0 Å². The predicted octanol–water partition coefficient (Wildman–Crippen LogP) is 3.09. The van der Waals surface area contributed by atoms with Gasteiger partial charge in [-0.25, -0.2) is 4.98 Å². The molecule has 0 bridgehead atoms. The quantitative estimate of drug-likeness (QED) is 0.883. The van der Waals surface area contributed by atoms with Crippen molar-refractivity contribution in [1.82, 2.24) is 9.97 Å². The monoisotopic (exact) mass is 235 g/mol. The molecule has 1 heterocycles. The minimum Gasteiger partial charge on any atom is -0.366 e. The van der Waals surface area contributed by atoms with Crippen LogP contribution in [0.3, 0.4) is 0 Å². The first kappa shape index (κ1) is 11.0. The summed E-state index contributed by atoms with van der Waals surface area (Å²) in [5.74, 6) is 0. The van der Waals surface area contributed by atoms with Crippen LogP contribution >= 0.6 is 11.6 Å². The van der Waals surface area contributed by atoms with Crippen molar-refractivity contribution in [1.29, 1.82) is 0 Å². The van der Waals surface area contributed by atoms with Crippen molar-refractivity contribution in [3.8, 4) is 0 Å². The number of aromatic nitrogens is 2. The minimum atomic E-state index is 0.765. The van der Waals surface area contributed by atoms with Crippen LogP contribution in [0.2, 0.25) is 5.02 Å². The first-order valence-electron chi connectivity index (χ1n) is 5.27. The number of aromatic amines is 1. The van der Waals surface area contributed by atoms with Crippen LogP contribution in [0.4, 0.5) is 5.69 Å². The lowest BCUT2D eigenvalue weighted by molar-refractivity contribution is 0.815. The highest BCUT2D eigenvalue weighted by Crippen LogP contribution is 2.19. The van der Waals surface area contributed by atoms with Gasteiger partial charge in [-0.15, -0.1) is 0 Å². The van der Waals surface area contributed by atoms with Gasteiger partial charge in [-0.2, -0.15) is 0 Å². The Balaban J connectivity index is 2.13. The molecule has 0 saturated heterocycles. The lowest BCUT2D eigenvalue weighted by Gasteiger charge is -2.22. The highest BCUT2D eigenvalue weighted by Gasteiger charge is 2.05. The van der Waals surface area contributed by atoms with Gasteiger partial charge in [0.2, 0.25) is 0 Å². The first-order valence-corrected chi connectivity index (χ1v) is 5.65. The van der Waals surface area contributed by atoms with E-state index in [0.29, 0.717) is 0 Å². The van der Waals surface area contributed by atoms with Gasteiger partial charge < -0.3 is 9.88 Å². The maximum Gasteiger partial charge on any atom is 0.0922 e. The number of imidazole rings is 1. The molecule has 0 aliphatic rings. The highest BCUT2D eigenvalue weighted by atomic mass is 35.5. The van der Waals surface area contributed by atoms with E-state index in [9.17, 15) is 0 Å². The Bertz CT molecular complexity index is 422. The van der Waals surface area contributed by atoms with Crippen molar-refractivity contribution in [2.45, 2.75) is 13.5 Å². The molecule has 0 fully saturated rings. The molecule has 16 heavy (non-hydrogen) atoms. The summed E-state index contributed by atoms with van der Waals surface area (Å²) in [4.78, 5) is 9.37. The number of nitrogens with zero attached hydrogens (tertiary/aromatic N) is 2. The molecule has 0 aliphatic carbocycles. The highest BCUT2D eigenvalue weighted by molar-refractivity contribution is 6.30. The molecule has 4 heteroatoms. The van der Waals surface area contributed by atoms with E-state index in [-0.39, 0.29) is 0 Å². The predicted molar refractivity (Wildman–Crippen MR) is 66.8 cm³/mol. The Morgan fingerprint density at radius 1 is 1.31 bits per heavy atom. The van der Waals surface area contributed by atoms with E-state index < -0.39 is 0 Å². The third kappa shape index (κ3) is 2.55. The normalized spacial score (nSPS) is 10.4. The Labute approximate surface area is 100 Å². The molecule has 0 spiro atoms. The Kier molecular flexibility index (Phi) is 3.47. The second-order valence-corrected chi connectivity index (χ2v) is 4.00. The number of halogens is 1. The van der Waals surface area contributed by atoms with Crippen molar-refractivity contribution >= 4 is 17.3 Å². The lowest BCUT2D eigenvalue weighted by Crippen LogP contribution is -2.21. The van der Waals surface area contributed by atoms with Gasteiger partial charge in [-0.1, -0.05) is 11.6 Å². The first-order chi connectivity index (χ1) is 7.79. The Morgan fingerprint density at radius 3 is 2.62 bits per heavy atom. The van der Waals surface area contributed by atoms with Crippen LogP contribution in [0.15, 0.2) is 36.8 Å². The van der Waals surface area contributed by atoms with Crippen LogP contribution in [-0.4, -0.2) is 16.5 Å². The maximum absolute atomic E-state index is 5.87. The molecule has 1 N–H and O–H groups in total. The van der Waals surface area contributed by atoms with E-state index in [1.165, 1.54) is 5.69 Å². The zero-order valence-electron chi connectivity index (χ0n) is 9.15. The summed E-state index contributed by atoms with van der Waals surface area (Å²) in [6.45, 7) is 3.91. The van der Waals surface area contributed by atoms with Crippen LogP contribution < -0.4 is 4.90 Å². The molecule has 0 saturated carbocycles. The van der Waals surface area contributed by atoms with E-state index in [1.807, 2.05) is 30.5 Å². The molecule has 0 amide bonds. The fraction of sp³-hybridized carbons (Fsp3) is 0.250. The molecule has 2 aromatic rings. The van der Waals surface area contributed by atoms with Crippen LogP contribution in [0.25, 0.3) is 0 Å². The summed E-state index contributed by atoms with van der Waals surface area (Å²) >= 11 is 5.87. The largest absolute Gasteiger partial charge is 0.366 e. The van der Waals surface area contributed by atoms with Gasteiger partial charge in [-0.3, -0.25) is 0 Å². The fourth-order valence-electron chi connectivity index (χ4n) is 1.61. The van der Waals surface area contributed by atoms with E-state index >= 15 is 0 Å². The summed E-state index contributed by atoms with van der Waals surface area (Å²) in [7, 11) is 0. The van der Waals surface area contributed by atoms with Gasteiger partial charge in [0.25, 0.3) is 0 Å². The summed E-state index contributed by atoms with van der Waals surface area (Å²) in [5, 5.41) is 0.765. The summed E-state index contributed by atoms with van der Waals surface area (Å²) in [6.07, 6.45) is 3.55. The number of benzene rings is 1. The van der Waals surface area contributed by atoms with Crippen LogP contribution in [-0.2, 0) is 6.54 Å². The second-order valence-electron chi connectivity index (χ2n) is 3.57. The number of H-pyrrole nitrogens is 1. The van der Waals surface area contributed by atoms with Crippen molar-refractivity contribution in [3.05, 3.63) is 47.5 Å². The maximum atomic E-state index is 5.87. The topological polar surface area (TPSA) is 31.9 Å². The van der Waals surface area contributed by atoms with Gasteiger partial charge in [0.05, 0.1) is 18.6 Å². The number of hydrogen-bond acceptors (Lipinski definition) is 2. The molecule has 2 rings (SSSR count). The third-order valence-corrected chi connectivity index (χ3v) is 2.74. The molecule has 0 radical (unpaired) electrons. The van der Waals surface area contributed by atoms with Crippen molar-refractivity contribution in [2.75, 3.05) is 11.4 Å². The molecule has 3 nitrogen and oxygen atoms in total. The van der Waals surface area contributed by atoms with Crippen molar-refractivity contribution in [2.24, 2.45) is 0 Å². The average Bonchev–Trinajstić information content (AvgIpc) is 2.80. The molecule has 0 aliphatic heterocycles. The molecule has 1 aromatic carbocycles. The van der Waals surface area contributed by atoms with Crippen LogP contribution in [0.1, 0.15) is 12.6 Å². The minimum absolute atomic E-state index is 0.765. The smallest absolute Gasteiger partial charge is 0.0922 e. The van der Waals surface area contributed by atoms with Gasteiger partial charge >= 0.3 is 0 Å². The molecular weight excluding hydrogens is 222 g/mol. The summed E-state index contributed by atoms with van der Waals surface area (Å²) < 4.78 is 0. The number of hydrogen-bond donors (Lipinski definition) is 1. The fourth-order valence-corrected chi connectivity index (χ4v) is 1.74. The molecule has 84 valence electrons. The van der Waals surface area contributed by atoms with E-state index in [4.69, 9.17) is 11.6 Å². The standard InChI is InChI=1S/C12H14ClN3/c1-2-16(8-11-7-14-9-15-11)12-5-3-10(13)4-6-12/h3-7,9H,2,8H2,1H3,(H,14,15). The van der Waals surface area contributed by atoms with Crippen molar-refractivity contribution in [3.63, 3.8) is 0 Å². The lowest BCUT2D eigenvalue weighted by atomic mass is 10.2. The Hall–Kier alpha value is -1.48. The van der Waals surface area contributed by atoms with Gasteiger partial charge in [0, 0.05) is 23.5 Å². The van der Waals surface area contributed by atoms with E-state index in [2.05, 4.69) is 21.8 Å². The molecule has 0 unspecified atom stereocenters. The second kappa shape index (κ2) is 5.03. The number of anilines is 1. The summed E-state index contributed by atoms with van der Waals surface area (Å²) in [5.41, 5.74) is 2.28. The zero-order valence-corrected chi connectivity index (χ0v) is 9.91. The SMILES string of the molecule is CCN(Cc1cnc[nH]1)c1ccc(Cl)cc1. The third-order valence-electron chi connectivity index (χ3n) is 2.49. The Morgan fingerprint density at radius 2 is 2.06 bits per heavy atom. The molecule has 0 atom stereocenters. The molecular formula is C12H14ClN3. The van der Waals surface area contributed by atoms with Gasteiger partial charge in [-0.05, 0) is 31.2 Å². The average molecular weight is 236 g/mol. The summed E-state index contributed by atoms with van der Waals surface area (Å²) in [6, 6.07) is 7.88. The number of nitrogens with one attached hydrogen (secondary N) is 1.